The van der Waals surface area contributed by atoms with Gasteiger partial charge in [0, 0.05) is 25.8 Å². The topological polar surface area (TPSA) is 67.8 Å². The molecule has 0 aliphatic rings. The fraction of sp³-hybridized carbons (Fsp3) is 0.700. The smallest absolute Gasteiger partial charge is 0.330 e. The van der Waals surface area contributed by atoms with E-state index in [4.69, 9.17) is 14.6 Å². The molecule has 0 fully saturated rings. The lowest BCUT2D eigenvalue weighted by Crippen LogP contribution is -2.21. The van der Waals surface area contributed by atoms with Gasteiger partial charge < -0.3 is 19.9 Å². The van der Waals surface area contributed by atoms with Gasteiger partial charge in [0.15, 0.2) is 0 Å². The zero-order valence-electron chi connectivity index (χ0n) is 9.28. The van der Waals surface area contributed by atoms with E-state index in [-0.39, 0.29) is 0 Å². The standard InChI is InChI=1S/C10H19NO4/c1-9(10(12)13)3-4-11-5-6-15-8-7-14-2/h3,11H,4-8H2,1-2H3,(H,12,13)/b9-3-. The van der Waals surface area contributed by atoms with Crippen LogP contribution in [0.1, 0.15) is 6.92 Å². The third kappa shape index (κ3) is 9.40. The summed E-state index contributed by atoms with van der Waals surface area (Å²) in [5.41, 5.74) is 0.350. The predicted molar refractivity (Wildman–Crippen MR) is 57.0 cm³/mol. The first-order valence-corrected chi connectivity index (χ1v) is 4.86. The number of rotatable bonds is 9. The molecule has 0 unspecified atom stereocenters. The van der Waals surface area contributed by atoms with E-state index in [0.29, 0.717) is 38.5 Å². The van der Waals surface area contributed by atoms with Crippen LogP contribution in [-0.2, 0) is 14.3 Å². The van der Waals surface area contributed by atoms with Crippen molar-refractivity contribution < 1.29 is 19.4 Å². The van der Waals surface area contributed by atoms with Gasteiger partial charge in [0.1, 0.15) is 0 Å². The number of ether oxygens (including phenoxy) is 2. The third-order valence-electron chi connectivity index (χ3n) is 1.74. The second kappa shape index (κ2) is 9.64. The van der Waals surface area contributed by atoms with Gasteiger partial charge in [-0.2, -0.15) is 0 Å². The molecular weight excluding hydrogens is 198 g/mol. The first-order chi connectivity index (χ1) is 7.18. The Bertz CT molecular complexity index is 204. The molecule has 0 spiro atoms. The van der Waals surface area contributed by atoms with E-state index in [0.717, 1.165) is 0 Å². The third-order valence-corrected chi connectivity index (χ3v) is 1.74. The molecule has 0 bridgehead atoms. The fourth-order valence-corrected chi connectivity index (χ4v) is 0.803. The number of carbonyl (C=O) groups is 1. The van der Waals surface area contributed by atoms with Gasteiger partial charge in [-0.1, -0.05) is 6.08 Å². The minimum absolute atomic E-state index is 0.350. The number of aliphatic carboxylic acids is 1. The molecule has 0 radical (unpaired) electrons. The van der Waals surface area contributed by atoms with Crippen LogP contribution in [-0.4, -0.2) is 51.1 Å². The minimum Gasteiger partial charge on any atom is -0.478 e. The average Bonchev–Trinajstić information content (AvgIpc) is 2.21. The Morgan fingerprint density at radius 1 is 1.40 bits per heavy atom. The van der Waals surface area contributed by atoms with Crippen LogP contribution in [0.25, 0.3) is 0 Å². The molecule has 15 heavy (non-hydrogen) atoms. The van der Waals surface area contributed by atoms with Crippen LogP contribution in [0.4, 0.5) is 0 Å². The molecule has 0 aliphatic heterocycles. The summed E-state index contributed by atoms with van der Waals surface area (Å²) in [4.78, 5) is 10.4. The molecule has 0 rings (SSSR count). The SMILES string of the molecule is COCCOCCNC/C=C(/C)C(=O)O. The van der Waals surface area contributed by atoms with Crippen LogP contribution in [0.2, 0.25) is 0 Å². The van der Waals surface area contributed by atoms with Crippen molar-refractivity contribution in [2.75, 3.05) is 40.0 Å². The molecule has 0 heterocycles. The Kier molecular flexibility index (Phi) is 9.05. The van der Waals surface area contributed by atoms with Crippen LogP contribution in [0.3, 0.4) is 0 Å². The molecule has 0 saturated carbocycles. The molecule has 0 atom stereocenters. The molecule has 0 aromatic rings. The molecule has 0 aromatic carbocycles. The fourth-order valence-electron chi connectivity index (χ4n) is 0.803. The summed E-state index contributed by atoms with van der Waals surface area (Å²) in [5.74, 6) is -0.881. The Balaban J connectivity index is 3.25. The maximum Gasteiger partial charge on any atom is 0.330 e. The molecule has 0 amide bonds. The van der Waals surface area contributed by atoms with E-state index < -0.39 is 5.97 Å². The minimum atomic E-state index is -0.881. The maximum atomic E-state index is 10.4. The second-order valence-corrected chi connectivity index (χ2v) is 3.00. The van der Waals surface area contributed by atoms with Crippen LogP contribution in [0, 0.1) is 0 Å². The van der Waals surface area contributed by atoms with Gasteiger partial charge in [-0.05, 0) is 6.92 Å². The summed E-state index contributed by atoms with van der Waals surface area (Å²) in [6.07, 6.45) is 1.64. The summed E-state index contributed by atoms with van der Waals surface area (Å²) >= 11 is 0. The lowest BCUT2D eigenvalue weighted by atomic mass is 10.3. The van der Waals surface area contributed by atoms with E-state index in [1.807, 2.05) is 0 Å². The molecule has 0 aliphatic carbocycles. The van der Waals surface area contributed by atoms with Gasteiger partial charge in [-0.15, -0.1) is 0 Å². The van der Waals surface area contributed by atoms with E-state index in [9.17, 15) is 4.79 Å². The maximum absolute atomic E-state index is 10.4. The number of methoxy groups -OCH3 is 1. The van der Waals surface area contributed by atoms with Crippen molar-refractivity contribution in [1.82, 2.24) is 5.32 Å². The summed E-state index contributed by atoms with van der Waals surface area (Å²) in [7, 11) is 1.63. The van der Waals surface area contributed by atoms with Crippen molar-refractivity contribution in [2.45, 2.75) is 6.92 Å². The monoisotopic (exact) mass is 217 g/mol. The van der Waals surface area contributed by atoms with Gasteiger partial charge in [0.05, 0.1) is 19.8 Å². The van der Waals surface area contributed by atoms with Crippen LogP contribution in [0.5, 0.6) is 0 Å². The predicted octanol–water partition coefficient (Wildman–Crippen LogP) is 0.270. The number of nitrogens with one attached hydrogen (secondary N) is 1. The normalized spacial score (nSPS) is 11.7. The summed E-state index contributed by atoms with van der Waals surface area (Å²) in [6.45, 7) is 4.60. The number of hydrogen-bond acceptors (Lipinski definition) is 4. The number of carboxylic acids is 1. The first-order valence-electron chi connectivity index (χ1n) is 4.86. The van der Waals surface area contributed by atoms with Crippen molar-refractivity contribution in [2.24, 2.45) is 0 Å². The molecular formula is C10H19NO4. The van der Waals surface area contributed by atoms with E-state index in [2.05, 4.69) is 5.32 Å². The highest BCUT2D eigenvalue weighted by Crippen LogP contribution is 1.89. The number of carboxylic acid groups (broad SMARTS) is 1. The van der Waals surface area contributed by atoms with Crippen molar-refractivity contribution >= 4 is 5.97 Å². The lowest BCUT2D eigenvalue weighted by Gasteiger charge is -2.03. The molecule has 2 N–H and O–H groups in total. The van der Waals surface area contributed by atoms with Crippen molar-refractivity contribution in [3.05, 3.63) is 11.6 Å². The van der Waals surface area contributed by atoms with Crippen molar-refractivity contribution in [3.63, 3.8) is 0 Å². The van der Waals surface area contributed by atoms with Gasteiger partial charge >= 0.3 is 5.97 Å². The van der Waals surface area contributed by atoms with Crippen molar-refractivity contribution in [1.29, 1.82) is 0 Å². The Labute approximate surface area is 90.1 Å². The molecule has 0 saturated heterocycles. The Morgan fingerprint density at radius 3 is 2.73 bits per heavy atom. The van der Waals surface area contributed by atoms with Gasteiger partial charge in [0.2, 0.25) is 0 Å². The van der Waals surface area contributed by atoms with Gasteiger partial charge in [-0.25, -0.2) is 4.79 Å². The summed E-state index contributed by atoms with van der Waals surface area (Å²) in [6, 6.07) is 0. The Morgan fingerprint density at radius 2 is 2.13 bits per heavy atom. The first kappa shape index (κ1) is 14.1. The Hall–Kier alpha value is -0.910. The van der Waals surface area contributed by atoms with E-state index >= 15 is 0 Å². The van der Waals surface area contributed by atoms with E-state index in [1.165, 1.54) is 0 Å². The van der Waals surface area contributed by atoms with Crippen LogP contribution < -0.4 is 5.32 Å². The van der Waals surface area contributed by atoms with Crippen molar-refractivity contribution in [3.8, 4) is 0 Å². The van der Waals surface area contributed by atoms with E-state index in [1.54, 1.807) is 20.1 Å². The van der Waals surface area contributed by atoms with Crippen LogP contribution in [0.15, 0.2) is 11.6 Å². The second-order valence-electron chi connectivity index (χ2n) is 3.00. The quantitative estimate of drug-likeness (QED) is 0.428. The summed E-state index contributed by atoms with van der Waals surface area (Å²) in [5, 5.41) is 11.6. The highest BCUT2D eigenvalue weighted by molar-refractivity contribution is 5.85. The van der Waals surface area contributed by atoms with Gasteiger partial charge in [0.25, 0.3) is 0 Å². The average molecular weight is 217 g/mol. The highest BCUT2D eigenvalue weighted by Gasteiger charge is 1.97. The molecule has 0 aromatic heterocycles. The van der Waals surface area contributed by atoms with Crippen LogP contribution >= 0.6 is 0 Å². The lowest BCUT2D eigenvalue weighted by molar-refractivity contribution is -0.132. The number of hydrogen-bond donors (Lipinski definition) is 2. The highest BCUT2D eigenvalue weighted by atomic mass is 16.5. The summed E-state index contributed by atoms with van der Waals surface area (Å²) < 4.78 is 10.0. The zero-order chi connectivity index (χ0) is 11.5. The molecule has 88 valence electrons. The molecule has 5 heteroatoms. The molecule has 5 nitrogen and oxygen atoms in total. The largest absolute Gasteiger partial charge is 0.478 e. The van der Waals surface area contributed by atoms with Gasteiger partial charge in [-0.3, -0.25) is 0 Å². The zero-order valence-corrected chi connectivity index (χ0v) is 9.28.